The summed E-state index contributed by atoms with van der Waals surface area (Å²) in [5, 5.41) is 8.75. The molecular weight excluding hydrogens is 278 g/mol. The molecular formula is C17H14N3O2+. The molecule has 5 nitrogen and oxygen atoms in total. The molecule has 0 saturated carbocycles. The zero-order valence-corrected chi connectivity index (χ0v) is 12.3. The fourth-order valence-corrected chi connectivity index (χ4v) is 1.82. The molecule has 2 aromatic rings. The Morgan fingerprint density at radius 2 is 1.73 bits per heavy atom. The molecule has 108 valence electrons. The van der Waals surface area contributed by atoms with Gasteiger partial charge >= 0.3 is 6.09 Å². The Labute approximate surface area is 129 Å². The van der Waals surface area contributed by atoms with Crippen LogP contribution in [0, 0.1) is 17.9 Å². The van der Waals surface area contributed by atoms with E-state index in [2.05, 4.69) is 4.85 Å². The van der Waals surface area contributed by atoms with Crippen LogP contribution in [0.5, 0.6) is 5.75 Å². The summed E-state index contributed by atoms with van der Waals surface area (Å²) in [5.74, 6) is 0.382. The predicted molar refractivity (Wildman–Crippen MR) is 83.5 cm³/mol. The topological polar surface area (TPSA) is 54.5 Å². The number of carbonyl (C=O) groups excluding carboxylic acids is 1. The molecule has 0 heterocycles. The van der Waals surface area contributed by atoms with Gasteiger partial charge in [0.05, 0.1) is 32.3 Å². The van der Waals surface area contributed by atoms with E-state index >= 15 is 0 Å². The number of carbonyl (C=O) groups is 1. The lowest BCUT2D eigenvalue weighted by atomic mass is 10.2. The van der Waals surface area contributed by atoms with Crippen LogP contribution in [-0.4, -0.2) is 20.2 Å². The van der Waals surface area contributed by atoms with E-state index in [0.717, 1.165) is 0 Å². The van der Waals surface area contributed by atoms with Crippen LogP contribution in [0.25, 0.3) is 4.85 Å². The van der Waals surface area contributed by atoms with Crippen molar-refractivity contribution in [2.45, 2.75) is 0 Å². The Morgan fingerprint density at radius 3 is 2.23 bits per heavy atom. The van der Waals surface area contributed by atoms with Crippen molar-refractivity contribution < 1.29 is 9.53 Å². The minimum atomic E-state index is -0.458. The highest BCUT2D eigenvalue weighted by molar-refractivity contribution is 5.83. The molecule has 0 spiro atoms. The molecule has 0 radical (unpaired) electrons. The molecule has 2 rings (SSSR count). The van der Waals surface area contributed by atoms with Gasteiger partial charge in [-0.1, -0.05) is 12.1 Å². The highest BCUT2D eigenvalue weighted by Gasteiger charge is 2.32. The predicted octanol–water partition coefficient (Wildman–Crippen LogP) is 3.87. The molecule has 0 saturated heterocycles. The molecule has 0 aliphatic rings. The minimum Gasteiger partial charge on any atom is -0.380 e. The van der Waals surface area contributed by atoms with Gasteiger partial charge in [-0.2, -0.15) is 14.5 Å². The molecule has 2 aromatic carbocycles. The number of amides is 1. The Hall–Kier alpha value is -3.15. The summed E-state index contributed by atoms with van der Waals surface area (Å²) >= 11 is 0. The van der Waals surface area contributed by atoms with Crippen molar-refractivity contribution in [2.75, 3.05) is 14.1 Å². The molecule has 0 N–H and O–H groups in total. The van der Waals surface area contributed by atoms with E-state index in [0.29, 0.717) is 22.7 Å². The third kappa shape index (κ3) is 3.12. The monoisotopic (exact) mass is 292 g/mol. The number of rotatable bonds is 2. The number of nitrogens with zero attached hydrogens (tertiary/aromatic N) is 3. The van der Waals surface area contributed by atoms with Crippen molar-refractivity contribution >= 4 is 17.5 Å². The summed E-state index contributed by atoms with van der Waals surface area (Å²) in [4.78, 5) is 15.7. The number of benzene rings is 2. The van der Waals surface area contributed by atoms with Crippen LogP contribution in [0.1, 0.15) is 5.56 Å². The standard InChI is InChI=1S/C17H14N3O2/c1-19-14-6-8-15(9-7-14)20(2,3)17(21)22-16-10-4-13(12-18)5-11-16/h4-11H,2-3H3/q+1. The SMILES string of the molecule is [C-]#[N+]c1ccc([N+](C)(C)C(=O)Oc2ccc(C#N)cc2)cc1. The van der Waals surface area contributed by atoms with Crippen molar-refractivity contribution in [3.05, 3.63) is 65.5 Å². The first-order chi connectivity index (χ1) is 10.5. The van der Waals surface area contributed by atoms with Gasteiger partial charge in [-0.05, 0) is 36.4 Å². The normalized spacial score (nSPS) is 10.4. The van der Waals surface area contributed by atoms with Crippen molar-refractivity contribution in [3.63, 3.8) is 0 Å². The number of hydrogen-bond donors (Lipinski definition) is 0. The first-order valence-corrected chi connectivity index (χ1v) is 6.52. The zero-order chi connectivity index (χ0) is 16.2. The fourth-order valence-electron chi connectivity index (χ4n) is 1.82. The van der Waals surface area contributed by atoms with E-state index in [4.69, 9.17) is 16.6 Å². The first kappa shape index (κ1) is 15.2. The second-order valence-electron chi connectivity index (χ2n) is 5.09. The molecule has 0 bridgehead atoms. The minimum absolute atomic E-state index is 0.113. The van der Waals surface area contributed by atoms with E-state index in [1.54, 1.807) is 62.6 Å². The second-order valence-corrected chi connectivity index (χ2v) is 5.09. The number of quaternary nitrogens is 1. The maximum atomic E-state index is 12.4. The molecule has 5 heteroatoms. The maximum Gasteiger partial charge on any atom is 0.526 e. The van der Waals surface area contributed by atoms with Crippen LogP contribution in [-0.2, 0) is 0 Å². The van der Waals surface area contributed by atoms with E-state index in [9.17, 15) is 4.79 Å². The van der Waals surface area contributed by atoms with Gasteiger partial charge in [0.2, 0.25) is 0 Å². The van der Waals surface area contributed by atoms with Gasteiger partial charge in [0.1, 0.15) is 11.4 Å². The summed E-state index contributed by atoms with van der Waals surface area (Å²) in [6, 6.07) is 15.1. The van der Waals surface area contributed by atoms with E-state index in [1.165, 1.54) is 0 Å². The summed E-state index contributed by atoms with van der Waals surface area (Å²) in [6.07, 6.45) is -0.458. The van der Waals surface area contributed by atoms with Crippen LogP contribution >= 0.6 is 0 Å². The van der Waals surface area contributed by atoms with E-state index < -0.39 is 6.09 Å². The molecule has 0 aromatic heterocycles. The molecule has 0 atom stereocenters. The average molecular weight is 292 g/mol. The van der Waals surface area contributed by atoms with Gasteiger partial charge in [0, 0.05) is 0 Å². The third-order valence-electron chi connectivity index (χ3n) is 3.27. The van der Waals surface area contributed by atoms with Gasteiger partial charge in [-0.15, -0.1) is 0 Å². The van der Waals surface area contributed by atoms with Crippen molar-refractivity contribution in [1.82, 2.24) is 4.48 Å². The number of nitriles is 1. The molecule has 0 aliphatic carbocycles. The van der Waals surface area contributed by atoms with Crippen LogP contribution in [0.15, 0.2) is 48.5 Å². The molecule has 22 heavy (non-hydrogen) atoms. The Balaban J connectivity index is 2.18. The van der Waals surface area contributed by atoms with Crippen LogP contribution in [0.4, 0.5) is 16.2 Å². The van der Waals surface area contributed by atoms with Gasteiger partial charge < -0.3 is 4.74 Å². The van der Waals surface area contributed by atoms with E-state index in [1.807, 2.05) is 6.07 Å². The van der Waals surface area contributed by atoms with Crippen LogP contribution < -0.4 is 9.22 Å². The summed E-state index contributed by atoms with van der Waals surface area (Å²) in [7, 11) is 3.41. The third-order valence-corrected chi connectivity index (χ3v) is 3.27. The molecule has 0 unspecified atom stereocenters. The molecule has 1 amide bonds. The van der Waals surface area contributed by atoms with Crippen LogP contribution in [0.3, 0.4) is 0 Å². The largest absolute Gasteiger partial charge is 0.526 e. The highest BCUT2D eigenvalue weighted by Crippen LogP contribution is 2.24. The van der Waals surface area contributed by atoms with Gasteiger partial charge in [0.25, 0.3) is 0 Å². The zero-order valence-electron chi connectivity index (χ0n) is 12.3. The quantitative estimate of drug-likeness (QED) is 0.623. The van der Waals surface area contributed by atoms with Gasteiger partial charge in [-0.3, -0.25) is 0 Å². The Morgan fingerprint density at radius 1 is 1.14 bits per heavy atom. The average Bonchev–Trinajstić information content (AvgIpc) is 2.55. The van der Waals surface area contributed by atoms with Gasteiger partial charge in [-0.25, -0.2) is 4.85 Å². The lowest BCUT2D eigenvalue weighted by Crippen LogP contribution is -2.48. The van der Waals surface area contributed by atoms with Crippen molar-refractivity contribution in [3.8, 4) is 11.8 Å². The fraction of sp³-hybridized carbons (Fsp3) is 0.118. The lowest BCUT2D eigenvalue weighted by Gasteiger charge is -2.24. The Bertz CT molecular complexity index is 764. The van der Waals surface area contributed by atoms with E-state index in [-0.39, 0.29) is 4.48 Å². The molecule has 0 aliphatic heterocycles. The van der Waals surface area contributed by atoms with Crippen LogP contribution in [0.2, 0.25) is 0 Å². The summed E-state index contributed by atoms with van der Waals surface area (Å²) in [6.45, 7) is 6.94. The summed E-state index contributed by atoms with van der Waals surface area (Å²) < 4.78 is 5.24. The van der Waals surface area contributed by atoms with Gasteiger partial charge in [0.15, 0.2) is 5.69 Å². The number of hydrogen-bond acceptors (Lipinski definition) is 3. The molecule has 0 fully saturated rings. The lowest BCUT2D eigenvalue weighted by molar-refractivity contribution is 0.172. The maximum absolute atomic E-state index is 12.4. The second kappa shape index (κ2) is 6.09. The number of ether oxygens (including phenoxy) is 1. The first-order valence-electron chi connectivity index (χ1n) is 6.52. The summed E-state index contributed by atoms with van der Waals surface area (Å²) in [5.41, 5.74) is 1.73. The Kier molecular flexibility index (Phi) is 4.22. The smallest absolute Gasteiger partial charge is 0.380 e. The highest BCUT2D eigenvalue weighted by atomic mass is 16.6. The van der Waals surface area contributed by atoms with Crippen molar-refractivity contribution in [2.24, 2.45) is 0 Å². The van der Waals surface area contributed by atoms with Crippen molar-refractivity contribution in [1.29, 1.82) is 5.26 Å².